The summed E-state index contributed by atoms with van der Waals surface area (Å²) in [4.78, 5) is 0. The van der Waals surface area contributed by atoms with Crippen LogP contribution in [0.1, 0.15) is 27.7 Å². The molecule has 0 N–H and O–H groups in total. The summed E-state index contributed by atoms with van der Waals surface area (Å²) >= 11 is 0. The van der Waals surface area contributed by atoms with Crippen LogP contribution in [0.2, 0.25) is 0 Å². The Labute approximate surface area is 203 Å². The van der Waals surface area contributed by atoms with Crippen LogP contribution < -0.4 is 0 Å². The van der Waals surface area contributed by atoms with Crippen molar-refractivity contribution in [3.63, 3.8) is 0 Å². The maximum Gasteiger partial charge on any atom is 0.349 e. The molecule has 190 valence electrons. The van der Waals surface area contributed by atoms with Gasteiger partial charge >= 0.3 is 10.6 Å². The highest BCUT2D eigenvalue weighted by molar-refractivity contribution is 8.77. The van der Waals surface area contributed by atoms with Gasteiger partial charge in [-0.05, 0) is 27.7 Å². The molecular formula is C20H26O12S2. The van der Waals surface area contributed by atoms with E-state index in [0.29, 0.717) is 13.2 Å². The van der Waals surface area contributed by atoms with Crippen LogP contribution in [0.25, 0.3) is 0 Å². The predicted octanol–water partition coefficient (Wildman–Crippen LogP) is 0.972. The van der Waals surface area contributed by atoms with E-state index >= 15 is 0 Å². The minimum absolute atomic E-state index is 0.310. The number of ether oxygens (including phenoxy) is 12. The molecule has 8 aliphatic heterocycles. The van der Waals surface area contributed by atoms with Crippen molar-refractivity contribution in [2.24, 2.45) is 0 Å². The highest BCUT2D eigenvalue weighted by atomic mass is 33.1. The monoisotopic (exact) mass is 522 g/mol. The van der Waals surface area contributed by atoms with Gasteiger partial charge in [0.05, 0.1) is 13.2 Å². The Morgan fingerprint density at radius 2 is 0.941 bits per heavy atom. The van der Waals surface area contributed by atoms with Gasteiger partial charge in [-0.1, -0.05) is 0 Å². The van der Waals surface area contributed by atoms with E-state index in [1.165, 1.54) is 21.6 Å². The second-order valence-corrected chi connectivity index (χ2v) is 12.7. The molecule has 0 unspecified atom stereocenters. The molecule has 0 aromatic heterocycles. The van der Waals surface area contributed by atoms with Gasteiger partial charge in [0.2, 0.25) is 0 Å². The van der Waals surface area contributed by atoms with Gasteiger partial charge in [0.1, 0.15) is 48.8 Å². The molecule has 0 aromatic rings. The van der Waals surface area contributed by atoms with Gasteiger partial charge in [-0.3, -0.25) is 0 Å². The zero-order valence-electron chi connectivity index (χ0n) is 18.9. The van der Waals surface area contributed by atoms with Crippen molar-refractivity contribution in [3.8, 4) is 0 Å². The van der Waals surface area contributed by atoms with E-state index in [-0.39, 0.29) is 36.6 Å². The lowest BCUT2D eigenvalue weighted by Crippen LogP contribution is -2.53. The Bertz CT molecular complexity index is 822. The van der Waals surface area contributed by atoms with E-state index in [1.807, 2.05) is 27.7 Å². The molecule has 8 aliphatic rings. The summed E-state index contributed by atoms with van der Waals surface area (Å²) in [6.07, 6.45) is -3.85. The third-order valence-electron chi connectivity index (χ3n) is 7.03. The topological polar surface area (TPSA) is 111 Å². The molecule has 0 amide bonds. The van der Waals surface area contributed by atoms with Crippen LogP contribution in [0.5, 0.6) is 0 Å². The Morgan fingerprint density at radius 3 is 1.38 bits per heavy atom. The van der Waals surface area contributed by atoms with Crippen molar-refractivity contribution < 1.29 is 56.8 Å². The smallest absolute Gasteiger partial charge is 0.341 e. The Balaban J connectivity index is 0.987. The first-order chi connectivity index (χ1) is 16.1. The van der Waals surface area contributed by atoms with Gasteiger partial charge in [-0.25, -0.2) is 0 Å². The molecule has 0 saturated carbocycles. The highest BCUT2D eigenvalue weighted by Crippen LogP contribution is 2.59. The molecule has 8 rings (SSSR count). The fourth-order valence-corrected chi connectivity index (χ4v) is 8.20. The highest BCUT2D eigenvalue weighted by Gasteiger charge is 2.69. The molecule has 0 spiro atoms. The lowest BCUT2D eigenvalue weighted by Gasteiger charge is -2.40. The summed E-state index contributed by atoms with van der Waals surface area (Å²) in [6.45, 7) is 8.04. The van der Waals surface area contributed by atoms with Crippen LogP contribution in [-0.2, 0) is 56.8 Å². The van der Waals surface area contributed by atoms with Crippen LogP contribution in [0, 0.1) is 0 Å². The number of hydrogen-bond acceptors (Lipinski definition) is 14. The molecule has 8 saturated heterocycles. The van der Waals surface area contributed by atoms with E-state index in [4.69, 9.17) is 56.8 Å². The number of hydrogen-bond donors (Lipinski definition) is 0. The molecule has 12 nitrogen and oxygen atoms in total. The van der Waals surface area contributed by atoms with Crippen LogP contribution in [0.15, 0.2) is 0 Å². The summed E-state index contributed by atoms with van der Waals surface area (Å²) < 4.78 is 72.7. The Kier molecular flexibility index (Phi) is 4.57. The van der Waals surface area contributed by atoms with Gasteiger partial charge in [0.25, 0.3) is 0 Å². The summed E-state index contributed by atoms with van der Waals surface area (Å²) in [6, 6.07) is 0. The van der Waals surface area contributed by atoms with E-state index in [1.54, 1.807) is 0 Å². The summed E-state index contributed by atoms with van der Waals surface area (Å²) in [5, 5.41) is -2.76. The van der Waals surface area contributed by atoms with Gasteiger partial charge in [-0.15, -0.1) is 0 Å². The average Bonchev–Trinajstić information content (AvgIpc) is 3.55. The fourth-order valence-electron chi connectivity index (χ4n) is 5.76. The predicted molar refractivity (Wildman–Crippen MR) is 109 cm³/mol. The van der Waals surface area contributed by atoms with Gasteiger partial charge in [-0.2, -0.15) is 0 Å². The summed E-state index contributed by atoms with van der Waals surface area (Å²) in [5.74, 6) is -1.49. The Morgan fingerprint density at radius 1 is 0.500 bits per heavy atom. The van der Waals surface area contributed by atoms with Crippen molar-refractivity contribution in [3.05, 3.63) is 0 Å². The van der Waals surface area contributed by atoms with E-state index < -0.39 is 47.0 Å². The molecule has 4 bridgehead atoms. The molecule has 12 atom stereocenters. The molecule has 8 fully saturated rings. The second-order valence-electron chi connectivity index (χ2n) is 10.4. The summed E-state index contributed by atoms with van der Waals surface area (Å²) in [7, 11) is 2.39. The standard InChI is InChI=1S/C20H26O12S2/c1-17(2)27-13-11-9(23-15(13)31-17)7-5-21-19(25-7,29-11)33-34-20-22-6-8(26-20)10-12(30-20)14-16(24-10)32-18(3,4)28-14/h7-16H,5-6H2,1-4H3/t7-,8+,9-,10-,11-,12+,13-,14+,15+,16-,19+,20-/m1/s1. The number of rotatable bonds is 3. The van der Waals surface area contributed by atoms with Crippen molar-refractivity contribution in [1.82, 2.24) is 0 Å². The Hall–Kier alpha value is 0.220. The van der Waals surface area contributed by atoms with Crippen LogP contribution in [0.3, 0.4) is 0 Å². The minimum Gasteiger partial charge on any atom is -0.341 e. The van der Waals surface area contributed by atoms with Crippen LogP contribution in [0.4, 0.5) is 0 Å². The minimum atomic E-state index is -1.38. The van der Waals surface area contributed by atoms with Crippen LogP contribution >= 0.6 is 21.6 Å². The molecule has 0 radical (unpaired) electrons. The van der Waals surface area contributed by atoms with Crippen molar-refractivity contribution in [1.29, 1.82) is 0 Å². The van der Waals surface area contributed by atoms with Crippen molar-refractivity contribution in [2.45, 2.75) is 111 Å². The maximum atomic E-state index is 6.31. The van der Waals surface area contributed by atoms with Crippen molar-refractivity contribution >= 4 is 21.6 Å². The molecular weight excluding hydrogens is 496 g/mol. The quantitative estimate of drug-likeness (QED) is 0.491. The zero-order chi connectivity index (χ0) is 23.1. The third kappa shape index (κ3) is 3.19. The van der Waals surface area contributed by atoms with Crippen molar-refractivity contribution in [2.75, 3.05) is 13.2 Å². The molecule has 8 heterocycles. The van der Waals surface area contributed by atoms with E-state index in [2.05, 4.69) is 0 Å². The van der Waals surface area contributed by atoms with Gasteiger partial charge in [0, 0.05) is 21.6 Å². The SMILES string of the molecule is CC1(C)O[C@H]2O[C@H]3[C@H](O[C@@]4(SS[C@@]56OC[C@@H](O5)[C@H]5O[C@H]7OC(C)(C)O[C@@H]7[C@@H]5O6)OC[C@@H]3O4)[C@@H]2O1. The molecule has 14 heteroatoms. The summed E-state index contributed by atoms with van der Waals surface area (Å²) in [5.41, 5.74) is 0. The normalized spacial score (nSPS) is 59.6. The van der Waals surface area contributed by atoms with E-state index in [0.717, 1.165) is 0 Å². The zero-order valence-corrected chi connectivity index (χ0v) is 20.5. The molecule has 0 aliphatic carbocycles. The maximum absolute atomic E-state index is 6.31. The fraction of sp³-hybridized carbons (Fsp3) is 1.00. The molecule has 0 aromatic carbocycles. The first-order valence-corrected chi connectivity index (χ1v) is 13.7. The van der Waals surface area contributed by atoms with Gasteiger partial charge in [0.15, 0.2) is 24.2 Å². The largest absolute Gasteiger partial charge is 0.349 e. The number of fused-ring (bicyclic) bond motifs is 12. The average molecular weight is 523 g/mol. The lowest BCUT2D eigenvalue weighted by molar-refractivity contribution is -0.345. The third-order valence-corrected chi connectivity index (χ3v) is 9.62. The van der Waals surface area contributed by atoms with Gasteiger partial charge < -0.3 is 56.8 Å². The van der Waals surface area contributed by atoms with E-state index in [9.17, 15) is 0 Å². The first kappa shape index (κ1) is 22.2. The lowest BCUT2D eigenvalue weighted by atomic mass is 10.1. The van der Waals surface area contributed by atoms with Crippen LogP contribution in [-0.4, -0.2) is 96.8 Å². The molecule has 34 heavy (non-hydrogen) atoms. The first-order valence-electron chi connectivity index (χ1n) is 11.5. The second kappa shape index (κ2) is 6.99.